The van der Waals surface area contributed by atoms with Crippen molar-refractivity contribution < 1.29 is 4.79 Å². The van der Waals surface area contributed by atoms with Crippen LogP contribution in [0, 0.1) is 11.8 Å². The largest absolute Gasteiger partial charge is 0.358 e. The molecule has 0 aliphatic heterocycles. The fourth-order valence-electron chi connectivity index (χ4n) is 2.46. The van der Waals surface area contributed by atoms with Crippen molar-refractivity contribution in [1.82, 2.24) is 14.9 Å². The van der Waals surface area contributed by atoms with Crippen LogP contribution in [0.5, 0.6) is 0 Å². The van der Waals surface area contributed by atoms with Crippen LogP contribution in [-0.2, 0) is 4.79 Å². The number of nitrogens with zero attached hydrogens (tertiary/aromatic N) is 4. The van der Waals surface area contributed by atoms with Crippen LogP contribution in [0.2, 0.25) is 5.15 Å². The normalized spacial score (nSPS) is 10.9. The topological polar surface area (TPSA) is 70.5 Å². The molecule has 0 spiro atoms. The number of carbonyl (C=O) groups excluding carboxylic acids is 1. The lowest BCUT2D eigenvalue weighted by Gasteiger charge is -2.27. The summed E-state index contributed by atoms with van der Waals surface area (Å²) < 4.78 is 0. The molecule has 1 amide bonds. The molecule has 2 aromatic rings. The van der Waals surface area contributed by atoms with Crippen LogP contribution in [0.4, 0.5) is 11.6 Å². The van der Waals surface area contributed by atoms with E-state index in [1.54, 1.807) is 24.7 Å². The molecule has 0 unspecified atom stereocenters. The molecule has 7 heteroatoms. The average Bonchev–Trinajstić information content (AvgIpc) is 2.61. The number of hydrogen-bond acceptors (Lipinski definition) is 4. The number of aliphatic imine (C=N–C) groups is 1. The number of nitrogens with one attached hydrogen (secondary N) is 1. The van der Waals surface area contributed by atoms with Gasteiger partial charge in [0.2, 0.25) is 5.91 Å². The molecule has 0 aliphatic rings. The minimum Gasteiger partial charge on any atom is -0.358 e. The highest BCUT2D eigenvalue weighted by Crippen LogP contribution is 2.15. The van der Waals surface area contributed by atoms with Gasteiger partial charge < -0.3 is 10.2 Å². The lowest BCUT2D eigenvalue weighted by Crippen LogP contribution is -2.35. The summed E-state index contributed by atoms with van der Waals surface area (Å²) in [5, 5.41) is 2.96. The molecule has 1 heterocycles. The third kappa shape index (κ3) is 6.36. The number of aromatic nitrogens is 2. The predicted molar refractivity (Wildman–Crippen MR) is 114 cm³/mol. The van der Waals surface area contributed by atoms with Crippen LogP contribution in [0.1, 0.15) is 45.7 Å². The second kappa shape index (κ2) is 9.86. The Labute approximate surface area is 171 Å². The van der Waals surface area contributed by atoms with Gasteiger partial charge in [-0.3, -0.25) is 4.79 Å². The molecule has 28 heavy (non-hydrogen) atoms. The third-order valence-corrected chi connectivity index (χ3v) is 4.06. The van der Waals surface area contributed by atoms with E-state index in [0.717, 1.165) is 11.3 Å². The van der Waals surface area contributed by atoms with Crippen molar-refractivity contribution in [3.63, 3.8) is 0 Å². The zero-order valence-corrected chi connectivity index (χ0v) is 17.4. The molecule has 2 rings (SSSR count). The van der Waals surface area contributed by atoms with Crippen molar-refractivity contribution in [2.75, 3.05) is 5.32 Å². The zero-order valence-electron chi connectivity index (χ0n) is 16.7. The van der Waals surface area contributed by atoms with E-state index in [2.05, 4.69) is 64.7 Å². The van der Waals surface area contributed by atoms with Crippen molar-refractivity contribution >= 4 is 35.5 Å². The molecule has 0 saturated heterocycles. The van der Waals surface area contributed by atoms with Gasteiger partial charge in [0, 0.05) is 36.5 Å². The van der Waals surface area contributed by atoms with Crippen molar-refractivity contribution in [3.05, 3.63) is 46.7 Å². The first kappa shape index (κ1) is 21.4. The lowest BCUT2D eigenvalue weighted by atomic mass is 10.2. The molecule has 1 aromatic carbocycles. The summed E-state index contributed by atoms with van der Waals surface area (Å²) in [5.41, 5.74) is 2.03. The van der Waals surface area contributed by atoms with Crippen LogP contribution in [0.25, 0.3) is 0 Å². The lowest BCUT2D eigenvalue weighted by molar-refractivity contribution is -0.114. The molecular weight excluding hydrogens is 374 g/mol. The summed E-state index contributed by atoms with van der Waals surface area (Å²) in [6.07, 6.45) is 3.30. The first-order chi connectivity index (χ1) is 13.3. The maximum Gasteiger partial charge on any atom is 0.252 e. The Hall–Kier alpha value is -2.91. The van der Waals surface area contributed by atoms with Gasteiger partial charge in [-0.2, -0.15) is 4.98 Å². The minimum absolute atomic E-state index is 0.115. The zero-order chi connectivity index (χ0) is 20.7. The van der Waals surface area contributed by atoms with Crippen LogP contribution >= 0.6 is 11.6 Å². The fraction of sp³-hybridized carbons (Fsp3) is 0.333. The van der Waals surface area contributed by atoms with Gasteiger partial charge in [0.05, 0.1) is 11.9 Å². The Balaban J connectivity index is 2.13. The molecule has 1 N–H and O–H groups in total. The Morgan fingerprint density at radius 1 is 1.18 bits per heavy atom. The fourth-order valence-corrected chi connectivity index (χ4v) is 2.63. The summed E-state index contributed by atoms with van der Waals surface area (Å²) in [4.78, 5) is 25.9. The molecule has 146 valence electrons. The quantitative estimate of drug-likeness (QED) is 0.354. The SMILES string of the molecule is CC(=O)Nc1ccc(C#Cc2cnc(N=CN(C(C)C)C(C)C)nc2Cl)cc1. The molecule has 0 atom stereocenters. The number of anilines is 1. The summed E-state index contributed by atoms with van der Waals surface area (Å²) in [7, 11) is 0. The highest BCUT2D eigenvalue weighted by Gasteiger charge is 2.09. The van der Waals surface area contributed by atoms with Gasteiger partial charge in [0.25, 0.3) is 5.95 Å². The summed E-state index contributed by atoms with van der Waals surface area (Å²) in [6, 6.07) is 7.85. The monoisotopic (exact) mass is 397 g/mol. The van der Waals surface area contributed by atoms with Crippen LogP contribution in [0.15, 0.2) is 35.5 Å². The molecule has 1 aromatic heterocycles. The Morgan fingerprint density at radius 3 is 2.36 bits per heavy atom. The smallest absolute Gasteiger partial charge is 0.252 e. The van der Waals surface area contributed by atoms with E-state index < -0.39 is 0 Å². The summed E-state index contributed by atoms with van der Waals surface area (Å²) in [6.45, 7) is 9.86. The second-order valence-electron chi connectivity index (χ2n) is 6.76. The highest BCUT2D eigenvalue weighted by molar-refractivity contribution is 6.30. The van der Waals surface area contributed by atoms with Gasteiger partial charge in [-0.05, 0) is 52.0 Å². The molecule has 0 bridgehead atoms. The van der Waals surface area contributed by atoms with Gasteiger partial charge in [0.15, 0.2) is 0 Å². The van der Waals surface area contributed by atoms with Crippen LogP contribution in [0.3, 0.4) is 0 Å². The maximum absolute atomic E-state index is 11.0. The molecule has 0 saturated carbocycles. The Morgan fingerprint density at radius 2 is 1.82 bits per heavy atom. The molecular formula is C21H24ClN5O. The van der Waals surface area contributed by atoms with Gasteiger partial charge in [-0.1, -0.05) is 23.4 Å². The highest BCUT2D eigenvalue weighted by atomic mass is 35.5. The number of amides is 1. The van der Waals surface area contributed by atoms with Gasteiger partial charge in [0.1, 0.15) is 5.15 Å². The van der Waals surface area contributed by atoms with Crippen LogP contribution < -0.4 is 5.32 Å². The molecule has 0 aliphatic carbocycles. The van der Waals surface area contributed by atoms with Crippen molar-refractivity contribution in [2.24, 2.45) is 4.99 Å². The van der Waals surface area contributed by atoms with Gasteiger partial charge in [-0.15, -0.1) is 0 Å². The Bertz CT molecular complexity index is 903. The summed E-state index contributed by atoms with van der Waals surface area (Å²) >= 11 is 6.23. The number of halogens is 1. The van der Waals surface area contributed by atoms with Gasteiger partial charge >= 0.3 is 0 Å². The molecule has 6 nitrogen and oxygen atoms in total. The van der Waals surface area contributed by atoms with E-state index >= 15 is 0 Å². The number of rotatable bonds is 5. The van der Waals surface area contributed by atoms with E-state index in [0.29, 0.717) is 23.6 Å². The average molecular weight is 398 g/mol. The molecule has 0 radical (unpaired) electrons. The second-order valence-corrected chi connectivity index (χ2v) is 7.12. The maximum atomic E-state index is 11.0. The van der Waals surface area contributed by atoms with Crippen molar-refractivity contribution in [3.8, 4) is 11.8 Å². The van der Waals surface area contributed by atoms with E-state index in [4.69, 9.17) is 11.6 Å². The minimum atomic E-state index is -0.115. The van der Waals surface area contributed by atoms with E-state index in [9.17, 15) is 4.79 Å². The van der Waals surface area contributed by atoms with Gasteiger partial charge in [-0.25, -0.2) is 9.98 Å². The standard InChI is InChI=1S/C21H24ClN5O/c1-14(2)27(15(3)4)13-24-21-23-12-18(20(22)26-21)9-6-17-7-10-19(11-8-17)25-16(5)28/h7-8,10-15H,1-5H3,(H,25,28). The number of carbonyl (C=O) groups is 1. The first-order valence-electron chi connectivity index (χ1n) is 9.00. The summed E-state index contributed by atoms with van der Waals surface area (Å²) in [5.74, 6) is 6.15. The van der Waals surface area contributed by atoms with Crippen molar-refractivity contribution in [1.29, 1.82) is 0 Å². The first-order valence-corrected chi connectivity index (χ1v) is 9.38. The molecule has 0 fully saturated rings. The van der Waals surface area contributed by atoms with E-state index in [1.165, 1.54) is 6.92 Å². The predicted octanol–water partition coefficient (Wildman–Crippen LogP) is 4.27. The van der Waals surface area contributed by atoms with Crippen molar-refractivity contribution in [2.45, 2.75) is 46.7 Å². The Kier molecular flexibility index (Phi) is 7.53. The number of hydrogen-bond donors (Lipinski definition) is 1. The van der Waals surface area contributed by atoms with E-state index in [1.807, 2.05) is 12.1 Å². The van der Waals surface area contributed by atoms with E-state index in [-0.39, 0.29) is 11.1 Å². The van der Waals surface area contributed by atoms with Crippen LogP contribution in [-0.4, -0.2) is 39.2 Å². The number of benzene rings is 1. The third-order valence-electron chi connectivity index (χ3n) is 3.78.